The smallest absolute Gasteiger partial charge is 0.226 e. The van der Waals surface area contributed by atoms with Crippen molar-refractivity contribution in [2.75, 3.05) is 57.1 Å². The Kier molecular flexibility index (Phi) is 4.93. The highest BCUT2D eigenvalue weighted by molar-refractivity contribution is 5.40. The van der Waals surface area contributed by atoms with Gasteiger partial charge in [0.15, 0.2) is 0 Å². The van der Waals surface area contributed by atoms with Crippen molar-refractivity contribution in [1.29, 1.82) is 0 Å². The molecule has 1 fully saturated rings. The number of ether oxygens (including phenoxy) is 1. The van der Waals surface area contributed by atoms with Crippen molar-refractivity contribution in [3.63, 3.8) is 0 Å². The number of hydrogen-bond donors (Lipinski definition) is 1. The summed E-state index contributed by atoms with van der Waals surface area (Å²) >= 11 is 0. The summed E-state index contributed by atoms with van der Waals surface area (Å²) in [6.45, 7) is 6.87. The van der Waals surface area contributed by atoms with Crippen LogP contribution in [0.15, 0.2) is 12.3 Å². The van der Waals surface area contributed by atoms with Gasteiger partial charge >= 0.3 is 0 Å². The highest BCUT2D eigenvalue weighted by Gasteiger charge is 2.18. The van der Waals surface area contributed by atoms with Gasteiger partial charge < -0.3 is 15.0 Å². The lowest BCUT2D eigenvalue weighted by atomic mass is 10.2. The lowest BCUT2D eigenvalue weighted by molar-refractivity contribution is -0.0192. The highest BCUT2D eigenvalue weighted by atomic mass is 16.5. The number of rotatable bonds is 5. The van der Waals surface area contributed by atoms with E-state index in [1.807, 2.05) is 25.1 Å². The van der Waals surface area contributed by atoms with E-state index in [1.165, 1.54) is 0 Å². The van der Waals surface area contributed by atoms with Gasteiger partial charge in [0.25, 0.3) is 0 Å². The van der Waals surface area contributed by atoms with E-state index in [-0.39, 0.29) is 6.10 Å². The number of nitrogens with zero attached hydrogens (tertiary/aromatic N) is 4. The van der Waals surface area contributed by atoms with E-state index < -0.39 is 0 Å². The zero-order valence-electron chi connectivity index (χ0n) is 12.0. The molecule has 0 spiro atoms. The van der Waals surface area contributed by atoms with Gasteiger partial charge in [-0.25, -0.2) is 4.98 Å². The maximum absolute atomic E-state index is 5.75. The predicted molar refractivity (Wildman–Crippen MR) is 76.7 cm³/mol. The third-order valence-corrected chi connectivity index (χ3v) is 3.22. The summed E-state index contributed by atoms with van der Waals surface area (Å²) in [6, 6.07) is 1.88. The molecule has 6 nitrogen and oxygen atoms in total. The molecule has 2 heterocycles. The molecule has 1 saturated heterocycles. The Hall–Kier alpha value is -1.40. The fraction of sp³-hybridized carbons (Fsp3) is 0.692. The van der Waals surface area contributed by atoms with Gasteiger partial charge in [0.05, 0.1) is 12.7 Å². The maximum atomic E-state index is 5.75. The molecular weight excluding hydrogens is 242 g/mol. The summed E-state index contributed by atoms with van der Waals surface area (Å²) in [4.78, 5) is 12.9. The number of aromatic nitrogens is 2. The van der Waals surface area contributed by atoms with Crippen LogP contribution in [-0.2, 0) is 4.74 Å². The lowest BCUT2D eigenvalue weighted by Gasteiger charge is -2.32. The van der Waals surface area contributed by atoms with Crippen LogP contribution in [0, 0.1) is 0 Å². The van der Waals surface area contributed by atoms with Crippen LogP contribution in [-0.4, -0.2) is 67.9 Å². The molecule has 6 heteroatoms. The minimum absolute atomic E-state index is 0.228. The molecule has 0 bridgehead atoms. The number of anilines is 2. The molecule has 0 aliphatic carbocycles. The van der Waals surface area contributed by atoms with Crippen LogP contribution in [0.1, 0.15) is 6.92 Å². The molecule has 1 atom stereocenters. The van der Waals surface area contributed by atoms with Crippen molar-refractivity contribution in [2.45, 2.75) is 13.0 Å². The number of hydrogen-bond acceptors (Lipinski definition) is 6. The molecule has 1 aromatic rings. The number of morpholine rings is 1. The first-order chi connectivity index (χ1) is 9.19. The van der Waals surface area contributed by atoms with Crippen LogP contribution in [0.4, 0.5) is 11.8 Å². The molecule has 0 aromatic carbocycles. The first-order valence-corrected chi connectivity index (χ1v) is 6.77. The first-order valence-electron chi connectivity index (χ1n) is 6.77. The second-order valence-electron chi connectivity index (χ2n) is 4.90. The molecular formula is C13H23N5O. The van der Waals surface area contributed by atoms with Crippen molar-refractivity contribution in [1.82, 2.24) is 14.9 Å². The summed E-state index contributed by atoms with van der Waals surface area (Å²) in [5, 5.41) is 3.32. The Bertz CT molecular complexity index is 398. The summed E-state index contributed by atoms with van der Waals surface area (Å²) < 4.78 is 5.75. The van der Waals surface area contributed by atoms with Crippen LogP contribution >= 0.6 is 0 Å². The van der Waals surface area contributed by atoms with Gasteiger partial charge in [-0.2, -0.15) is 4.98 Å². The molecule has 0 amide bonds. The van der Waals surface area contributed by atoms with Crippen molar-refractivity contribution in [2.24, 2.45) is 0 Å². The summed E-state index contributed by atoms with van der Waals surface area (Å²) in [6.07, 6.45) is 2.00. The third-order valence-electron chi connectivity index (χ3n) is 3.22. The van der Waals surface area contributed by atoms with Crippen LogP contribution in [0.5, 0.6) is 0 Å². The van der Waals surface area contributed by atoms with Crippen molar-refractivity contribution in [3.8, 4) is 0 Å². The molecule has 1 N–H and O–H groups in total. The van der Waals surface area contributed by atoms with Crippen molar-refractivity contribution < 1.29 is 4.74 Å². The quantitative estimate of drug-likeness (QED) is 0.845. The van der Waals surface area contributed by atoms with Gasteiger partial charge in [0.2, 0.25) is 5.95 Å². The molecule has 2 rings (SSSR count). The van der Waals surface area contributed by atoms with E-state index in [4.69, 9.17) is 4.74 Å². The normalized spacial score (nSPS) is 20.3. The molecule has 1 aliphatic rings. The topological polar surface area (TPSA) is 53.5 Å². The highest BCUT2D eigenvalue weighted by Crippen LogP contribution is 2.10. The molecule has 1 aliphatic heterocycles. The van der Waals surface area contributed by atoms with Crippen LogP contribution < -0.4 is 10.2 Å². The summed E-state index contributed by atoms with van der Waals surface area (Å²) in [7, 11) is 3.87. The largest absolute Gasteiger partial charge is 0.374 e. The second kappa shape index (κ2) is 6.68. The molecule has 0 saturated carbocycles. The Labute approximate surface area is 114 Å². The molecule has 19 heavy (non-hydrogen) atoms. The summed E-state index contributed by atoms with van der Waals surface area (Å²) in [5.41, 5.74) is 0. The molecule has 1 aromatic heterocycles. The maximum Gasteiger partial charge on any atom is 0.226 e. The van der Waals surface area contributed by atoms with E-state index in [0.717, 1.165) is 38.6 Å². The van der Waals surface area contributed by atoms with Gasteiger partial charge in [-0.05, 0) is 12.6 Å². The standard InChI is InChI=1S/C13H23N5O/c1-4-18-7-8-19-11(10-18)9-15-12-5-6-14-13(16-12)17(2)3/h5-6,11H,4,7-10H2,1-3H3,(H,14,15,16). The van der Waals surface area contributed by atoms with Gasteiger partial charge in [0, 0.05) is 39.9 Å². The van der Waals surface area contributed by atoms with Crippen LogP contribution in [0.25, 0.3) is 0 Å². The van der Waals surface area contributed by atoms with Crippen molar-refractivity contribution in [3.05, 3.63) is 12.3 Å². The number of likely N-dealkylation sites (N-methyl/N-ethyl adjacent to an activating group) is 1. The molecule has 0 radical (unpaired) electrons. The minimum atomic E-state index is 0.228. The van der Waals surface area contributed by atoms with Gasteiger partial charge in [0.1, 0.15) is 5.82 Å². The zero-order chi connectivity index (χ0) is 13.7. The van der Waals surface area contributed by atoms with E-state index in [9.17, 15) is 0 Å². The van der Waals surface area contributed by atoms with Crippen molar-refractivity contribution >= 4 is 11.8 Å². The average Bonchev–Trinajstić information content (AvgIpc) is 2.45. The minimum Gasteiger partial charge on any atom is -0.374 e. The zero-order valence-corrected chi connectivity index (χ0v) is 12.0. The fourth-order valence-electron chi connectivity index (χ4n) is 2.07. The van der Waals surface area contributed by atoms with Gasteiger partial charge in [-0.3, -0.25) is 4.90 Å². The molecule has 106 valence electrons. The summed E-state index contributed by atoms with van der Waals surface area (Å²) in [5.74, 6) is 1.56. The monoisotopic (exact) mass is 265 g/mol. The fourth-order valence-corrected chi connectivity index (χ4v) is 2.07. The molecule has 1 unspecified atom stereocenters. The predicted octanol–water partition coefficient (Wildman–Crippen LogP) is 0.675. The van der Waals surface area contributed by atoms with Crippen LogP contribution in [0.3, 0.4) is 0 Å². The Balaban J connectivity index is 1.86. The second-order valence-corrected chi connectivity index (χ2v) is 4.90. The third kappa shape index (κ3) is 4.04. The lowest BCUT2D eigenvalue weighted by Crippen LogP contribution is -2.45. The van der Waals surface area contributed by atoms with Crippen LogP contribution in [0.2, 0.25) is 0 Å². The van der Waals surface area contributed by atoms with E-state index in [0.29, 0.717) is 5.95 Å². The number of nitrogens with one attached hydrogen (secondary N) is 1. The average molecular weight is 265 g/mol. The SMILES string of the molecule is CCN1CCOC(CNc2ccnc(N(C)C)n2)C1. The van der Waals surface area contributed by atoms with E-state index in [2.05, 4.69) is 27.1 Å². The Morgan fingerprint density at radius 2 is 2.37 bits per heavy atom. The Morgan fingerprint density at radius 3 is 3.11 bits per heavy atom. The Morgan fingerprint density at radius 1 is 1.53 bits per heavy atom. The van der Waals surface area contributed by atoms with E-state index in [1.54, 1.807) is 6.20 Å². The van der Waals surface area contributed by atoms with E-state index >= 15 is 0 Å². The van der Waals surface area contributed by atoms with Gasteiger partial charge in [-0.15, -0.1) is 0 Å². The van der Waals surface area contributed by atoms with Gasteiger partial charge in [-0.1, -0.05) is 6.92 Å². The first kappa shape index (κ1) is 14.0.